The second-order valence-electron chi connectivity index (χ2n) is 11.0. The van der Waals surface area contributed by atoms with Gasteiger partial charge < -0.3 is 18.9 Å². The van der Waals surface area contributed by atoms with Crippen LogP contribution in [0.25, 0.3) is 0 Å². The van der Waals surface area contributed by atoms with Crippen molar-refractivity contribution >= 4 is 15.9 Å². The molecule has 2 aliphatic rings. The summed E-state index contributed by atoms with van der Waals surface area (Å²) in [5, 5.41) is 0. The van der Waals surface area contributed by atoms with E-state index in [1.54, 1.807) is 43.6 Å². The largest absolute Gasteiger partial charge is 0.497 e. The van der Waals surface area contributed by atoms with E-state index >= 15 is 0 Å². The number of aryl methyl sites for hydroxylation is 4. The van der Waals surface area contributed by atoms with E-state index in [2.05, 4.69) is 27.8 Å². The van der Waals surface area contributed by atoms with Gasteiger partial charge in [0.25, 0.3) is 0 Å². The van der Waals surface area contributed by atoms with E-state index in [0.29, 0.717) is 47.8 Å². The Hall–Kier alpha value is -3.21. The van der Waals surface area contributed by atoms with Crippen molar-refractivity contribution in [2.75, 3.05) is 33.4 Å². The highest BCUT2D eigenvalue weighted by Gasteiger charge is 2.36. The molecule has 1 saturated heterocycles. The zero-order valence-corrected chi connectivity index (χ0v) is 25.0. The molecule has 1 aromatic carbocycles. The molecule has 0 bridgehead atoms. The summed E-state index contributed by atoms with van der Waals surface area (Å²) >= 11 is 0. The first-order valence-electron chi connectivity index (χ1n) is 14.4. The Morgan fingerprint density at radius 3 is 2.59 bits per heavy atom. The Morgan fingerprint density at radius 1 is 1.05 bits per heavy atom. The number of piperidine rings is 1. The van der Waals surface area contributed by atoms with Crippen LogP contribution in [0.4, 0.5) is 0 Å². The molecule has 5 rings (SSSR count). The summed E-state index contributed by atoms with van der Waals surface area (Å²) in [7, 11) is -2.15. The van der Waals surface area contributed by atoms with Crippen molar-refractivity contribution in [3.63, 3.8) is 0 Å². The van der Waals surface area contributed by atoms with Crippen molar-refractivity contribution in [3.05, 3.63) is 76.9 Å². The second-order valence-corrected chi connectivity index (χ2v) is 12.8. The maximum Gasteiger partial charge on any atom is 0.248 e. The third-order valence-corrected chi connectivity index (χ3v) is 10.5. The average Bonchev–Trinajstić information content (AvgIpc) is 3.38. The van der Waals surface area contributed by atoms with E-state index < -0.39 is 10.0 Å². The number of carbonyl (C=O) groups is 1. The number of aromatic nitrogens is 2. The molecule has 220 valence electrons. The smallest absolute Gasteiger partial charge is 0.248 e. The summed E-state index contributed by atoms with van der Waals surface area (Å²) < 4.78 is 42.7. The van der Waals surface area contributed by atoms with Gasteiger partial charge in [0.2, 0.25) is 15.9 Å². The van der Waals surface area contributed by atoms with Gasteiger partial charge in [0.1, 0.15) is 12.4 Å². The van der Waals surface area contributed by atoms with E-state index in [9.17, 15) is 13.2 Å². The number of carbonyl (C=O) groups excluding carboxylic acids is 1. The Morgan fingerprint density at radius 2 is 1.85 bits per heavy atom. The van der Waals surface area contributed by atoms with Crippen LogP contribution >= 0.6 is 0 Å². The number of rotatable bonds is 10. The number of ether oxygens (including phenoxy) is 2. The molecule has 1 amide bonds. The van der Waals surface area contributed by atoms with E-state index in [1.807, 2.05) is 17.2 Å². The van der Waals surface area contributed by atoms with Gasteiger partial charge in [0.15, 0.2) is 0 Å². The van der Waals surface area contributed by atoms with Crippen molar-refractivity contribution in [1.29, 1.82) is 0 Å². The van der Waals surface area contributed by atoms with E-state index in [4.69, 9.17) is 9.47 Å². The van der Waals surface area contributed by atoms with Crippen LogP contribution in [0.2, 0.25) is 0 Å². The molecule has 0 aliphatic carbocycles. The Labute approximate surface area is 243 Å². The van der Waals surface area contributed by atoms with Gasteiger partial charge in [-0.05, 0) is 86.6 Å². The molecule has 10 heteroatoms. The third-order valence-electron chi connectivity index (χ3n) is 8.20. The Bertz CT molecular complexity index is 1450. The van der Waals surface area contributed by atoms with Crippen LogP contribution in [0.5, 0.6) is 5.75 Å². The highest BCUT2D eigenvalue weighted by atomic mass is 32.2. The van der Waals surface area contributed by atoms with Crippen LogP contribution in [0.3, 0.4) is 0 Å². The molecule has 9 nitrogen and oxygen atoms in total. The van der Waals surface area contributed by atoms with Crippen LogP contribution < -0.4 is 4.74 Å². The summed E-state index contributed by atoms with van der Waals surface area (Å²) in [6, 6.07) is 11.5. The van der Waals surface area contributed by atoms with Gasteiger partial charge in [-0.25, -0.2) is 8.42 Å². The zero-order valence-electron chi connectivity index (χ0n) is 24.2. The van der Waals surface area contributed by atoms with Gasteiger partial charge in [-0.1, -0.05) is 12.5 Å². The van der Waals surface area contributed by atoms with Gasteiger partial charge in [-0.3, -0.25) is 9.78 Å². The second kappa shape index (κ2) is 12.8. The minimum absolute atomic E-state index is 0.0560. The lowest BCUT2D eigenvalue weighted by Gasteiger charge is -2.35. The van der Waals surface area contributed by atoms with Crippen molar-refractivity contribution in [1.82, 2.24) is 18.8 Å². The molecule has 2 aliphatic heterocycles. The summed E-state index contributed by atoms with van der Waals surface area (Å²) in [4.78, 5) is 19.4. The monoisotopic (exact) mass is 580 g/mol. The minimum atomic E-state index is -3.73. The van der Waals surface area contributed by atoms with Crippen LogP contribution in [0.1, 0.15) is 47.3 Å². The number of benzene rings is 1. The third kappa shape index (κ3) is 6.50. The number of fused-ring (bicyclic) bond motifs is 1. The Balaban J connectivity index is 1.16. The van der Waals surface area contributed by atoms with Crippen LogP contribution in [-0.2, 0) is 45.5 Å². The summed E-state index contributed by atoms with van der Waals surface area (Å²) in [5.74, 6) is 0.573. The first-order chi connectivity index (χ1) is 19.8. The molecule has 1 atom stereocenters. The summed E-state index contributed by atoms with van der Waals surface area (Å²) in [5.41, 5.74) is 4.94. The number of amides is 1. The molecule has 41 heavy (non-hydrogen) atoms. The first kappa shape index (κ1) is 29.3. The molecule has 3 aromatic rings. The maximum absolute atomic E-state index is 13.8. The molecule has 0 saturated carbocycles. The van der Waals surface area contributed by atoms with Gasteiger partial charge in [0.05, 0.1) is 25.2 Å². The topological polar surface area (TPSA) is 94.0 Å². The molecule has 0 spiro atoms. The highest BCUT2D eigenvalue weighted by Crippen LogP contribution is 2.32. The normalized spacial score (nSPS) is 17.8. The highest BCUT2D eigenvalue weighted by molar-refractivity contribution is 7.89. The fourth-order valence-electron chi connectivity index (χ4n) is 6.11. The fraction of sp³-hybridized carbons (Fsp3) is 0.484. The lowest BCUT2D eigenvalue weighted by molar-refractivity contribution is -0.138. The molecule has 1 fully saturated rings. The SMILES string of the molecule is COc1cc(C)c(S(=O)(=O)N2CCCCC2COCC(=O)N2CCn3c(CCc4cccnc4)ccc3C2)c(C)c1. The number of nitrogens with zero attached hydrogens (tertiary/aromatic N) is 4. The minimum Gasteiger partial charge on any atom is -0.497 e. The standard InChI is InChI=1S/C31H40N4O5S/c1-23-17-29(39-3)18-24(2)31(23)41(37,38)35-14-5-4-8-28(35)21-40-22-30(36)33-15-16-34-26(11-12-27(34)20-33)10-9-25-7-6-13-32-19-25/h6-7,11-13,17-19,28H,4-5,8-10,14-16,20-22H2,1-3H3. The lowest BCUT2D eigenvalue weighted by Crippen LogP contribution is -2.47. The number of hydrogen-bond donors (Lipinski definition) is 0. The van der Waals surface area contributed by atoms with E-state index in [0.717, 1.165) is 37.9 Å². The first-order valence-corrected chi connectivity index (χ1v) is 15.8. The van der Waals surface area contributed by atoms with Gasteiger partial charge in [0, 0.05) is 49.5 Å². The van der Waals surface area contributed by atoms with E-state index in [-0.39, 0.29) is 25.2 Å². The predicted molar refractivity (Wildman–Crippen MR) is 156 cm³/mol. The van der Waals surface area contributed by atoms with Crippen molar-refractivity contribution < 1.29 is 22.7 Å². The maximum atomic E-state index is 13.8. The summed E-state index contributed by atoms with van der Waals surface area (Å²) in [6.07, 6.45) is 8.00. The molecule has 4 heterocycles. The van der Waals surface area contributed by atoms with Crippen LogP contribution in [0.15, 0.2) is 53.7 Å². The molecule has 0 N–H and O–H groups in total. The summed E-state index contributed by atoms with van der Waals surface area (Å²) in [6.45, 7) is 6.12. The van der Waals surface area contributed by atoms with Crippen molar-refractivity contribution in [2.45, 2.75) is 70.0 Å². The average molecular weight is 581 g/mol. The molecule has 0 radical (unpaired) electrons. The fourth-order valence-corrected chi connectivity index (χ4v) is 8.20. The molecule has 2 aromatic heterocycles. The van der Waals surface area contributed by atoms with Gasteiger partial charge in [-0.2, -0.15) is 4.31 Å². The number of methoxy groups -OCH3 is 1. The quantitative estimate of drug-likeness (QED) is 0.361. The van der Waals surface area contributed by atoms with Gasteiger partial charge >= 0.3 is 0 Å². The van der Waals surface area contributed by atoms with Crippen molar-refractivity contribution in [3.8, 4) is 5.75 Å². The molecule has 1 unspecified atom stereocenters. The van der Waals surface area contributed by atoms with Crippen molar-refractivity contribution in [2.24, 2.45) is 0 Å². The van der Waals surface area contributed by atoms with E-state index in [1.165, 1.54) is 11.3 Å². The number of sulfonamides is 1. The van der Waals surface area contributed by atoms with Gasteiger partial charge in [-0.15, -0.1) is 0 Å². The molecular formula is C31H40N4O5S. The van der Waals surface area contributed by atoms with Crippen LogP contribution in [0, 0.1) is 13.8 Å². The predicted octanol–water partition coefficient (Wildman–Crippen LogP) is 3.90. The zero-order chi connectivity index (χ0) is 29.0. The molecular weight excluding hydrogens is 540 g/mol. The van der Waals surface area contributed by atoms with Crippen LogP contribution in [-0.4, -0.2) is 72.5 Å². The number of pyridine rings is 1. The lowest BCUT2D eigenvalue weighted by atomic mass is 10.1. The Kier molecular flexibility index (Phi) is 9.11. The number of hydrogen-bond acceptors (Lipinski definition) is 6.